The smallest absolute Gasteiger partial charge is 0.324 e. The highest BCUT2D eigenvalue weighted by Gasteiger charge is 2.39. The van der Waals surface area contributed by atoms with Crippen molar-refractivity contribution in [1.82, 2.24) is 0 Å². The summed E-state index contributed by atoms with van der Waals surface area (Å²) in [7, 11) is 0. The van der Waals surface area contributed by atoms with Gasteiger partial charge in [0, 0.05) is 0 Å². The zero-order valence-electron chi connectivity index (χ0n) is 16.5. The molecule has 0 bridgehead atoms. The average molecular weight is 441 g/mol. The molecular formula is C22H30BrFO3. The maximum Gasteiger partial charge on any atom is 0.324 e. The van der Waals surface area contributed by atoms with Crippen LogP contribution in [0.25, 0.3) is 0 Å². The van der Waals surface area contributed by atoms with Gasteiger partial charge in [0.2, 0.25) is 0 Å². The lowest BCUT2D eigenvalue weighted by atomic mass is 9.76. The zero-order valence-corrected chi connectivity index (χ0v) is 18.1. The number of ether oxygens (including phenoxy) is 2. The monoisotopic (exact) mass is 440 g/mol. The van der Waals surface area contributed by atoms with Crippen molar-refractivity contribution >= 4 is 21.9 Å². The van der Waals surface area contributed by atoms with Gasteiger partial charge in [0.15, 0.2) is 0 Å². The topological polar surface area (TPSA) is 35.5 Å². The molecule has 1 aromatic rings. The van der Waals surface area contributed by atoms with E-state index >= 15 is 0 Å². The third-order valence-corrected chi connectivity index (χ3v) is 6.99. The SMILES string of the molecule is CCOC(=O)C(Br)c1ccc(F)c(C)c1C1CCC(COC2(C)CC2)CC1. The number of halogens is 2. The molecule has 0 amide bonds. The summed E-state index contributed by atoms with van der Waals surface area (Å²) in [6, 6.07) is 3.19. The lowest BCUT2D eigenvalue weighted by molar-refractivity contribution is -0.142. The number of alkyl halides is 1. The van der Waals surface area contributed by atoms with E-state index in [2.05, 4.69) is 22.9 Å². The van der Waals surface area contributed by atoms with Crippen molar-refractivity contribution < 1.29 is 18.7 Å². The molecule has 2 aliphatic rings. The highest BCUT2D eigenvalue weighted by Crippen LogP contribution is 2.44. The van der Waals surface area contributed by atoms with E-state index in [1.54, 1.807) is 13.0 Å². The number of hydrogen-bond donors (Lipinski definition) is 0. The molecule has 2 aliphatic carbocycles. The highest BCUT2D eigenvalue weighted by atomic mass is 79.9. The van der Waals surface area contributed by atoms with Gasteiger partial charge in [-0.05, 0) is 93.9 Å². The maximum absolute atomic E-state index is 14.3. The predicted octanol–water partition coefficient (Wildman–Crippen LogP) is 5.98. The minimum absolute atomic E-state index is 0.131. The molecular weight excluding hydrogens is 411 g/mol. The highest BCUT2D eigenvalue weighted by molar-refractivity contribution is 9.09. The number of carbonyl (C=O) groups excluding carboxylic acids is 1. The maximum atomic E-state index is 14.3. The van der Waals surface area contributed by atoms with E-state index in [1.165, 1.54) is 18.9 Å². The van der Waals surface area contributed by atoms with Crippen LogP contribution < -0.4 is 0 Å². The molecule has 1 atom stereocenters. The van der Waals surface area contributed by atoms with Crippen LogP contribution in [0.15, 0.2) is 12.1 Å². The second kappa shape index (κ2) is 8.60. The predicted molar refractivity (Wildman–Crippen MR) is 108 cm³/mol. The van der Waals surface area contributed by atoms with E-state index in [0.717, 1.165) is 43.4 Å². The van der Waals surface area contributed by atoms with E-state index in [0.29, 0.717) is 18.1 Å². The summed E-state index contributed by atoms with van der Waals surface area (Å²) in [5.74, 6) is 0.340. The van der Waals surface area contributed by atoms with E-state index in [4.69, 9.17) is 9.47 Å². The van der Waals surface area contributed by atoms with Crippen LogP contribution >= 0.6 is 15.9 Å². The molecule has 0 radical (unpaired) electrons. The Morgan fingerprint density at radius 3 is 2.56 bits per heavy atom. The molecule has 2 fully saturated rings. The molecule has 150 valence electrons. The van der Waals surface area contributed by atoms with Crippen molar-refractivity contribution in [2.75, 3.05) is 13.2 Å². The van der Waals surface area contributed by atoms with Gasteiger partial charge in [-0.3, -0.25) is 4.79 Å². The third-order valence-electron chi connectivity index (χ3n) is 6.13. The van der Waals surface area contributed by atoms with Crippen molar-refractivity contribution in [3.8, 4) is 0 Å². The van der Waals surface area contributed by atoms with Crippen LogP contribution in [0.4, 0.5) is 4.39 Å². The van der Waals surface area contributed by atoms with E-state index < -0.39 is 4.83 Å². The minimum Gasteiger partial charge on any atom is -0.465 e. The largest absolute Gasteiger partial charge is 0.465 e. The quantitative estimate of drug-likeness (QED) is 0.386. The van der Waals surface area contributed by atoms with Gasteiger partial charge in [-0.15, -0.1) is 0 Å². The Bertz CT molecular complexity index is 678. The van der Waals surface area contributed by atoms with Gasteiger partial charge >= 0.3 is 5.97 Å². The number of carbonyl (C=O) groups is 1. The Kier molecular flexibility index (Phi) is 6.62. The van der Waals surface area contributed by atoms with Gasteiger partial charge in [0.05, 0.1) is 18.8 Å². The Labute approximate surface area is 170 Å². The molecule has 5 heteroatoms. The average Bonchev–Trinajstić information content (AvgIpc) is 3.40. The first-order valence-corrected chi connectivity index (χ1v) is 11.0. The molecule has 0 aromatic heterocycles. The lowest BCUT2D eigenvalue weighted by Crippen LogP contribution is -2.23. The van der Waals surface area contributed by atoms with Gasteiger partial charge in [-0.25, -0.2) is 4.39 Å². The summed E-state index contributed by atoms with van der Waals surface area (Å²) >= 11 is 3.48. The first kappa shape index (κ1) is 20.8. The van der Waals surface area contributed by atoms with Crippen molar-refractivity contribution in [2.45, 2.75) is 75.6 Å². The summed E-state index contributed by atoms with van der Waals surface area (Å²) in [6.07, 6.45) is 6.53. The van der Waals surface area contributed by atoms with Gasteiger partial charge in [0.25, 0.3) is 0 Å². The molecule has 1 aromatic carbocycles. The fourth-order valence-corrected chi connectivity index (χ4v) is 4.62. The van der Waals surface area contributed by atoms with Gasteiger partial charge in [-0.2, -0.15) is 0 Å². The van der Waals surface area contributed by atoms with Crippen LogP contribution in [0.5, 0.6) is 0 Å². The van der Waals surface area contributed by atoms with Crippen LogP contribution in [0, 0.1) is 18.7 Å². The second-order valence-electron chi connectivity index (χ2n) is 8.27. The number of hydrogen-bond acceptors (Lipinski definition) is 3. The molecule has 0 spiro atoms. The molecule has 0 heterocycles. The number of esters is 1. The van der Waals surface area contributed by atoms with Crippen LogP contribution in [-0.4, -0.2) is 24.8 Å². The Morgan fingerprint density at radius 2 is 1.96 bits per heavy atom. The van der Waals surface area contributed by atoms with Gasteiger partial charge in [-0.1, -0.05) is 22.0 Å². The van der Waals surface area contributed by atoms with Crippen molar-refractivity contribution in [3.05, 3.63) is 34.6 Å². The van der Waals surface area contributed by atoms with E-state index in [9.17, 15) is 9.18 Å². The molecule has 0 N–H and O–H groups in total. The lowest BCUT2D eigenvalue weighted by Gasteiger charge is -2.32. The van der Waals surface area contributed by atoms with Crippen LogP contribution in [-0.2, 0) is 14.3 Å². The molecule has 0 saturated heterocycles. The standard InChI is InChI=1S/C22H30BrFO3/c1-4-26-21(25)20(23)17-9-10-18(24)14(2)19(17)16-7-5-15(6-8-16)13-27-22(3)11-12-22/h9-10,15-16,20H,4-8,11-13H2,1-3H3. The zero-order chi connectivity index (χ0) is 19.6. The Morgan fingerprint density at radius 1 is 1.30 bits per heavy atom. The van der Waals surface area contributed by atoms with Gasteiger partial charge < -0.3 is 9.47 Å². The third kappa shape index (κ3) is 4.92. The summed E-state index contributed by atoms with van der Waals surface area (Å²) in [5, 5.41) is 0. The van der Waals surface area contributed by atoms with E-state index in [-0.39, 0.29) is 23.3 Å². The molecule has 1 unspecified atom stereocenters. The first-order valence-electron chi connectivity index (χ1n) is 10.1. The summed E-state index contributed by atoms with van der Waals surface area (Å²) in [6.45, 7) is 6.97. The van der Waals surface area contributed by atoms with Crippen LogP contribution in [0.1, 0.15) is 79.8 Å². The minimum atomic E-state index is -0.553. The first-order chi connectivity index (χ1) is 12.8. The summed E-state index contributed by atoms with van der Waals surface area (Å²) < 4.78 is 25.5. The van der Waals surface area contributed by atoms with Crippen LogP contribution in [0.2, 0.25) is 0 Å². The fraction of sp³-hybridized carbons (Fsp3) is 0.682. The van der Waals surface area contributed by atoms with Crippen molar-refractivity contribution in [1.29, 1.82) is 0 Å². The molecule has 3 rings (SSSR count). The molecule has 3 nitrogen and oxygen atoms in total. The van der Waals surface area contributed by atoms with E-state index in [1.807, 2.05) is 6.92 Å². The summed E-state index contributed by atoms with van der Waals surface area (Å²) in [4.78, 5) is 11.7. The molecule has 0 aliphatic heterocycles. The normalized spacial score (nSPS) is 25.1. The molecule has 2 saturated carbocycles. The van der Waals surface area contributed by atoms with Gasteiger partial charge in [0.1, 0.15) is 10.6 Å². The Balaban J connectivity index is 1.71. The number of benzene rings is 1. The Hall–Kier alpha value is -0.940. The van der Waals surface area contributed by atoms with Crippen molar-refractivity contribution in [2.24, 2.45) is 5.92 Å². The fourth-order valence-electron chi connectivity index (χ4n) is 4.09. The second-order valence-corrected chi connectivity index (χ2v) is 9.18. The molecule has 27 heavy (non-hydrogen) atoms. The van der Waals surface area contributed by atoms with Crippen LogP contribution in [0.3, 0.4) is 0 Å². The summed E-state index contributed by atoms with van der Waals surface area (Å²) in [5.41, 5.74) is 2.62. The number of rotatable bonds is 7. The van der Waals surface area contributed by atoms with Crippen molar-refractivity contribution in [3.63, 3.8) is 0 Å².